The number of H-pyrrole nitrogens is 1. The highest BCUT2D eigenvalue weighted by Crippen LogP contribution is 2.24. The second-order valence-corrected chi connectivity index (χ2v) is 8.75. The first-order valence-electron chi connectivity index (χ1n) is 11.6. The van der Waals surface area contributed by atoms with Gasteiger partial charge in [-0.05, 0) is 49.2 Å². The van der Waals surface area contributed by atoms with Crippen molar-refractivity contribution in [1.29, 1.82) is 0 Å². The molecule has 178 valence electrons. The number of hydrogen-bond donors (Lipinski definition) is 2. The average molecular weight is 474 g/mol. The van der Waals surface area contributed by atoms with Gasteiger partial charge in [-0.15, -0.1) is 0 Å². The molecule has 0 bridgehead atoms. The van der Waals surface area contributed by atoms with Gasteiger partial charge in [-0.1, -0.05) is 24.3 Å². The molecule has 5 rings (SSSR count). The Morgan fingerprint density at radius 1 is 0.971 bits per heavy atom. The first kappa shape index (κ1) is 22.9. The van der Waals surface area contributed by atoms with Crippen molar-refractivity contribution in [1.82, 2.24) is 25.4 Å². The highest BCUT2D eigenvalue weighted by Gasteiger charge is 2.22. The third-order valence-electron chi connectivity index (χ3n) is 6.29. The van der Waals surface area contributed by atoms with Gasteiger partial charge in [0.1, 0.15) is 11.6 Å². The zero-order chi connectivity index (χ0) is 24.2. The Morgan fingerprint density at radius 3 is 2.37 bits per heavy atom. The molecule has 1 amide bonds. The number of benzene rings is 2. The first-order valence-corrected chi connectivity index (χ1v) is 11.6. The lowest BCUT2D eigenvalue weighted by atomic mass is 10.0. The van der Waals surface area contributed by atoms with Gasteiger partial charge in [0.25, 0.3) is 5.91 Å². The second kappa shape index (κ2) is 10.1. The van der Waals surface area contributed by atoms with E-state index in [2.05, 4.69) is 25.4 Å². The summed E-state index contributed by atoms with van der Waals surface area (Å²) in [7, 11) is 0. The molecule has 2 N–H and O–H groups in total. The summed E-state index contributed by atoms with van der Waals surface area (Å²) >= 11 is 0. The highest BCUT2D eigenvalue weighted by molar-refractivity contribution is 5.94. The molecule has 0 unspecified atom stereocenters. The first-order chi connectivity index (χ1) is 17.0. The van der Waals surface area contributed by atoms with E-state index in [0.29, 0.717) is 23.4 Å². The van der Waals surface area contributed by atoms with Gasteiger partial charge in [-0.3, -0.25) is 19.8 Å². The SMILES string of the molecule is O=C(NC1CCN(Cc2cn[nH]c2-c2cccc(F)c2)CC1)c1ccc(-c2cccc(F)c2)nc1. The van der Waals surface area contributed by atoms with E-state index in [0.717, 1.165) is 42.8 Å². The van der Waals surface area contributed by atoms with Crippen molar-refractivity contribution >= 4 is 5.91 Å². The van der Waals surface area contributed by atoms with Gasteiger partial charge in [-0.2, -0.15) is 5.10 Å². The molecule has 2 aromatic heterocycles. The van der Waals surface area contributed by atoms with Gasteiger partial charge in [0, 0.05) is 48.6 Å². The largest absolute Gasteiger partial charge is 0.349 e. The van der Waals surface area contributed by atoms with Crippen LogP contribution in [0.2, 0.25) is 0 Å². The van der Waals surface area contributed by atoms with Crippen LogP contribution in [0.25, 0.3) is 22.5 Å². The van der Waals surface area contributed by atoms with Crippen molar-refractivity contribution in [2.75, 3.05) is 13.1 Å². The summed E-state index contributed by atoms with van der Waals surface area (Å²) in [4.78, 5) is 19.4. The van der Waals surface area contributed by atoms with Crippen LogP contribution in [0.3, 0.4) is 0 Å². The minimum Gasteiger partial charge on any atom is -0.349 e. The van der Waals surface area contributed by atoms with Crippen LogP contribution in [0.1, 0.15) is 28.8 Å². The quantitative estimate of drug-likeness (QED) is 0.422. The molecule has 6 nitrogen and oxygen atoms in total. The predicted molar refractivity (Wildman–Crippen MR) is 129 cm³/mol. The van der Waals surface area contributed by atoms with Crippen molar-refractivity contribution < 1.29 is 13.6 Å². The van der Waals surface area contributed by atoms with Crippen molar-refractivity contribution in [3.63, 3.8) is 0 Å². The smallest absolute Gasteiger partial charge is 0.253 e. The van der Waals surface area contributed by atoms with E-state index in [4.69, 9.17) is 0 Å². The summed E-state index contributed by atoms with van der Waals surface area (Å²) in [6, 6.07) is 16.2. The summed E-state index contributed by atoms with van der Waals surface area (Å²) in [5.74, 6) is -0.765. The minimum absolute atomic E-state index is 0.0775. The lowest BCUT2D eigenvalue weighted by molar-refractivity contribution is 0.0908. The molecule has 0 aliphatic carbocycles. The Morgan fingerprint density at radius 2 is 1.69 bits per heavy atom. The van der Waals surface area contributed by atoms with Crippen molar-refractivity contribution in [2.24, 2.45) is 0 Å². The van der Waals surface area contributed by atoms with Crippen LogP contribution in [0, 0.1) is 11.6 Å². The summed E-state index contributed by atoms with van der Waals surface area (Å²) in [6.07, 6.45) is 4.97. The summed E-state index contributed by atoms with van der Waals surface area (Å²) in [5, 5.41) is 10.2. The number of nitrogens with one attached hydrogen (secondary N) is 2. The molecular formula is C27H25F2N5O. The molecule has 1 fully saturated rings. The molecule has 1 aliphatic heterocycles. The fourth-order valence-electron chi connectivity index (χ4n) is 4.42. The molecule has 35 heavy (non-hydrogen) atoms. The molecule has 4 aromatic rings. The Kier molecular flexibility index (Phi) is 6.63. The average Bonchev–Trinajstić information content (AvgIpc) is 3.33. The maximum Gasteiger partial charge on any atom is 0.253 e. The molecule has 0 saturated carbocycles. The van der Waals surface area contributed by atoms with E-state index in [1.54, 1.807) is 36.5 Å². The van der Waals surface area contributed by atoms with E-state index in [1.165, 1.54) is 30.5 Å². The van der Waals surface area contributed by atoms with Gasteiger partial charge < -0.3 is 5.32 Å². The summed E-state index contributed by atoms with van der Waals surface area (Å²) in [5.41, 5.74) is 4.38. The molecule has 8 heteroatoms. The fraction of sp³-hybridized carbons (Fsp3) is 0.222. The Bertz CT molecular complexity index is 1310. The van der Waals surface area contributed by atoms with Crippen LogP contribution >= 0.6 is 0 Å². The number of amides is 1. The third kappa shape index (κ3) is 5.44. The molecule has 2 aromatic carbocycles. The van der Waals surface area contributed by atoms with Gasteiger partial charge in [0.15, 0.2) is 0 Å². The third-order valence-corrected chi connectivity index (χ3v) is 6.29. The number of carbonyl (C=O) groups is 1. The standard InChI is InChI=1S/C27H25F2N5O/c28-22-5-1-3-18(13-22)25-8-7-20(15-30-25)27(35)32-24-9-11-34(12-10-24)17-21-16-31-33-26(21)19-4-2-6-23(29)14-19/h1-8,13-16,24H,9-12,17H2,(H,31,33)(H,32,35). The normalized spacial score (nSPS) is 14.7. The lowest BCUT2D eigenvalue weighted by Gasteiger charge is -2.32. The van der Waals surface area contributed by atoms with Crippen molar-refractivity contribution in [3.05, 3.63) is 95.8 Å². The summed E-state index contributed by atoms with van der Waals surface area (Å²) < 4.78 is 27.1. The van der Waals surface area contributed by atoms with E-state index in [1.807, 2.05) is 6.07 Å². The zero-order valence-corrected chi connectivity index (χ0v) is 19.0. The van der Waals surface area contributed by atoms with Crippen molar-refractivity contribution in [3.8, 4) is 22.5 Å². The van der Waals surface area contributed by atoms with E-state index in [-0.39, 0.29) is 23.6 Å². The minimum atomic E-state index is -0.324. The van der Waals surface area contributed by atoms with Crippen molar-refractivity contribution in [2.45, 2.75) is 25.4 Å². The van der Waals surface area contributed by atoms with Crippen LogP contribution in [-0.4, -0.2) is 45.1 Å². The van der Waals surface area contributed by atoms with Gasteiger partial charge in [0.2, 0.25) is 0 Å². The molecule has 0 atom stereocenters. The van der Waals surface area contributed by atoms with E-state index >= 15 is 0 Å². The maximum atomic E-state index is 13.6. The van der Waals surface area contributed by atoms with Gasteiger partial charge >= 0.3 is 0 Å². The number of likely N-dealkylation sites (tertiary alicyclic amines) is 1. The maximum absolute atomic E-state index is 13.6. The number of halogens is 2. The van der Waals surface area contributed by atoms with E-state index < -0.39 is 0 Å². The lowest BCUT2D eigenvalue weighted by Crippen LogP contribution is -2.44. The topological polar surface area (TPSA) is 73.9 Å². The number of carbonyl (C=O) groups excluding carboxylic acids is 1. The monoisotopic (exact) mass is 473 g/mol. The number of hydrogen-bond acceptors (Lipinski definition) is 4. The van der Waals surface area contributed by atoms with Crippen LogP contribution in [-0.2, 0) is 6.54 Å². The highest BCUT2D eigenvalue weighted by atomic mass is 19.1. The fourth-order valence-corrected chi connectivity index (χ4v) is 4.42. The molecule has 1 saturated heterocycles. The molecule has 1 aliphatic rings. The summed E-state index contributed by atoms with van der Waals surface area (Å²) in [6.45, 7) is 2.36. The Hall–Kier alpha value is -3.91. The zero-order valence-electron chi connectivity index (χ0n) is 19.0. The van der Waals surface area contributed by atoms with Crippen LogP contribution in [0.5, 0.6) is 0 Å². The molecule has 0 radical (unpaired) electrons. The number of aromatic amines is 1. The number of rotatable bonds is 6. The van der Waals surface area contributed by atoms with Crippen LogP contribution in [0.4, 0.5) is 8.78 Å². The van der Waals surface area contributed by atoms with Gasteiger partial charge in [-0.25, -0.2) is 8.78 Å². The molecular weight excluding hydrogens is 448 g/mol. The Balaban J connectivity index is 1.15. The van der Waals surface area contributed by atoms with Crippen LogP contribution in [0.15, 0.2) is 73.1 Å². The molecule has 0 spiro atoms. The molecule has 3 heterocycles. The van der Waals surface area contributed by atoms with E-state index in [9.17, 15) is 13.6 Å². The second-order valence-electron chi connectivity index (χ2n) is 8.75. The Labute approximate surface area is 202 Å². The predicted octanol–water partition coefficient (Wildman–Crippen LogP) is 4.81. The number of pyridine rings is 1. The number of nitrogens with zero attached hydrogens (tertiary/aromatic N) is 3. The van der Waals surface area contributed by atoms with Crippen LogP contribution < -0.4 is 5.32 Å². The number of aromatic nitrogens is 3. The van der Waals surface area contributed by atoms with Gasteiger partial charge in [0.05, 0.1) is 23.1 Å². The number of piperidine rings is 1.